The van der Waals surface area contributed by atoms with E-state index in [1.807, 2.05) is 0 Å². The lowest BCUT2D eigenvalue weighted by molar-refractivity contribution is -0.145. The van der Waals surface area contributed by atoms with Gasteiger partial charge >= 0.3 is 5.97 Å². The molecule has 13 heteroatoms. The second kappa shape index (κ2) is 45.2. The molecule has 0 heterocycles. The number of carbonyl (C=O) groups excluding carboxylic acids is 1. The molecule has 0 fully saturated rings. The molecule has 13 nitrogen and oxygen atoms in total. The van der Waals surface area contributed by atoms with Gasteiger partial charge in [-0.1, -0.05) is 83.8 Å². The molecular formula is C44H80O13. The van der Waals surface area contributed by atoms with Gasteiger partial charge in [-0.3, -0.25) is 4.79 Å². The molecule has 0 amide bonds. The summed E-state index contributed by atoms with van der Waals surface area (Å²) >= 11 is 0. The van der Waals surface area contributed by atoms with Crippen LogP contribution < -0.4 is 4.74 Å². The van der Waals surface area contributed by atoms with Crippen LogP contribution in [0.25, 0.3) is 0 Å². The molecule has 0 saturated heterocycles. The topological polar surface area (TPSA) is 128 Å². The average Bonchev–Trinajstić information content (AvgIpc) is 3.22. The monoisotopic (exact) mass is 817 g/mol. The number of hydrogen-bond acceptors (Lipinski definition) is 13. The summed E-state index contributed by atoms with van der Waals surface area (Å²) in [5, 5.41) is 0. The van der Waals surface area contributed by atoms with Crippen molar-refractivity contribution in [3.8, 4) is 5.75 Å². The van der Waals surface area contributed by atoms with Crippen LogP contribution in [0.3, 0.4) is 0 Å². The third-order valence-electron chi connectivity index (χ3n) is 8.56. The van der Waals surface area contributed by atoms with Crippen molar-refractivity contribution in [2.24, 2.45) is 0 Å². The molecule has 0 unspecified atom stereocenters. The molecule has 0 bridgehead atoms. The van der Waals surface area contributed by atoms with Crippen LogP contribution in [-0.4, -0.2) is 151 Å². The first kappa shape index (κ1) is 53.1. The number of rotatable bonds is 47. The van der Waals surface area contributed by atoms with E-state index in [2.05, 4.69) is 38.1 Å². The Bertz CT molecular complexity index is 937. The molecule has 0 spiro atoms. The maximum absolute atomic E-state index is 11.6. The summed E-state index contributed by atoms with van der Waals surface area (Å²) in [6, 6.07) is 8.45. The third kappa shape index (κ3) is 40.6. The van der Waals surface area contributed by atoms with E-state index in [-0.39, 0.29) is 12.6 Å². The second-order valence-corrected chi connectivity index (χ2v) is 13.5. The van der Waals surface area contributed by atoms with Crippen LogP contribution in [0.5, 0.6) is 5.75 Å². The molecular weight excluding hydrogens is 736 g/mol. The van der Waals surface area contributed by atoms with E-state index >= 15 is 0 Å². The molecule has 57 heavy (non-hydrogen) atoms. The Labute approximate surface area is 345 Å². The van der Waals surface area contributed by atoms with Gasteiger partial charge in [0.2, 0.25) is 0 Å². The fourth-order valence-corrected chi connectivity index (χ4v) is 5.32. The van der Waals surface area contributed by atoms with E-state index in [1.54, 1.807) is 0 Å². The second-order valence-electron chi connectivity index (χ2n) is 13.5. The van der Waals surface area contributed by atoms with Gasteiger partial charge < -0.3 is 56.8 Å². The summed E-state index contributed by atoms with van der Waals surface area (Å²) in [6.07, 6.45) is 15.3. The largest absolute Gasteiger partial charge is 0.491 e. The van der Waals surface area contributed by atoms with E-state index in [4.69, 9.17) is 56.8 Å². The molecule has 0 atom stereocenters. The van der Waals surface area contributed by atoms with Gasteiger partial charge in [-0.05, 0) is 37.0 Å². The Morgan fingerprint density at radius 1 is 0.368 bits per heavy atom. The van der Waals surface area contributed by atoms with Crippen molar-refractivity contribution in [3.05, 3.63) is 29.8 Å². The minimum atomic E-state index is -0.152. The fourth-order valence-electron chi connectivity index (χ4n) is 5.32. The van der Waals surface area contributed by atoms with Crippen LogP contribution >= 0.6 is 0 Å². The Morgan fingerprint density at radius 3 is 1.07 bits per heavy atom. The maximum atomic E-state index is 11.6. The molecule has 0 aliphatic rings. The van der Waals surface area contributed by atoms with E-state index in [9.17, 15) is 4.79 Å². The standard InChI is InChI=1S/C44H80O13/c1-3-5-7-9-10-11-12-14-42-16-18-43(19-17-42)56-40-38-54-36-34-52-32-30-50-28-26-48-24-22-46-20-21-47-23-25-49-27-29-51-31-33-53-35-37-55-39-41-57-44(45)15-13-8-6-4-2/h16-19H,3-15,20-41H2,1-2H3. The van der Waals surface area contributed by atoms with Crippen LogP contribution in [0.1, 0.15) is 96.5 Å². The Hall–Kier alpha value is -1.91. The van der Waals surface area contributed by atoms with Crippen LogP contribution in [0.4, 0.5) is 0 Å². The number of unbranched alkanes of at least 4 members (excludes halogenated alkanes) is 9. The van der Waals surface area contributed by atoms with Gasteiger partial charge in [0.25, 0.3) is 0 Å². The summed E-state index contributed by atoms with van der Waals surface area (Å²) in [4.78, 5) is 11.6. The Kier molecular flexibility index (Phi) is 42.1. The van der Waals surface area contributed by atoms with Crippen molar-refractivity contribution in [1.29, 1.82) is 0 Å². The van der Waals surface area contributed by atoms with Crippen molar-refractivity contribution in [2.45, 2.75) is 97.3 Å². The lowest BCUT2D eigenvalue weighted by Gasteiger charge is -2.09. The molecule has 0 aliphatic heterocycles. The number of esters is 1. The van der Waals surface area contributed by atoms with Gasteiger partial charge in [0, 0.05) is 6.42 Å². The highest BCUT2D eigenvalue weighted by Crippen LogP contribution is 2.15. The zero-order valence-corrected chi connectivity index (χ0v) is 35.9. The lowest BCUT2D eigenvalue weighted by atomic mass is 10.0. The molecule has 334 valence electrons. The van der Waals surface area contributed by atoms with E-state index in [0.29, 0.717) is 145 Å². The quantitative estimate of drug-likeness (QED) is 0.0494. The van der Waals surface area contributed by atoms with E-state index in [0.717, 1.165) is 37.9 Å². The smallest absolute Gasteiger partial charge is 0.305 e. The fraction of sp³-hybridized carbons (Fsp3) is 0.841. The normalized spacial score (nSPS) is 11.4. The SMILES string of the molecule is CCCCCCCCCc1ccc(OCCOCCOCCOCCOCCOCCOCCOCCOCCOCCOCCOC(=O)CCCCCC)cc1. The van der Waals surface area contributed by atoms with E-state index in [1.165, 1.54) is 50.5 Å². The molecule has 1 rings (SSSR count). The molecule has 1 aromatic rings. The summed E-state index contributed by atoms with van der Waals surface area (Å²) in [5.74, 6) is 0.732. The van der Waals surface area contributed by atoms with Crippen molar-refractivity contribution in [3.63, 3.8) is 0 Å². The van der Waals surface area contributed by atoms with Crippen LogP contribution in [0, 0.1) is 0 Å². The van der Waals surface area contributed by atoms with Gasteiger partial charge in [-0.2, -0.15) is 0 Å². The Balaban J connectivity index is 1.68. The first-order valence-electron chi connectivity index (χ1n) is 21.9. The van der Waals surface area contributed by atoms with Crippen molar-refractivity contribution >= 4 is 5.97 Å². The number of carbonyl (C=O) groups is 1. The molecule has 0 saturated carbocycles. The van der Waals surface area contributed by atoms with Crippen molar-refractivity contribution < 1.29 is 61.6 Å². The Morgan fingerprint density at radius 2 is 0.684 bits per heavy atom. The first-order valence-corrected chi connectivity index (χ1v) is 21.9. The van der Waals surface area contributed by atoms with Gasteiger partial charge in [0.1, 0.15) is 19.0 Å². The molecule has 0 aliphatic carbocycles. The number of ether oxygens (including phenoxy) is 12. The predicted octanol–water partition coefficient (Wildman–Crippen LogP) is 7.04. The minimum absolute atomic E-state index is 0.152. The number of hydrogen-bond donors (Lipinski definition) is 0. The van der Waals surface area contributed by atoms with Gasteiger partial charge in [0.15, 0.2) is 0 Å². The van der Waals surface area contributed by atoms with Crippen molar-refractivity contribution in [1.82, 2.24) is 0 Å². The lowest BCUT2D eigenvalue weighted by Crippen LogP contribution is -2.15. The molecule has 0 N–H and O–H groups in total. The summed E-state index contributed by atoms with van der Waals surface area (Å²) < 4.78 is 66.0. The number of benzene rings is 1. The summed E-state index contributed by atoms with van der Waals surface area (Å²) in [6.45, 7) is 15.1. The van der Waals surface area contributed by atoms with Gasteiger partial charge in [0.05, 0.1) is 132 Å². The molecule has 0 radical (unpaired) electrons. The zero-order valence-electron chi connectivity index (χ0n) is 35.9. The highest BCUT2D eigenvalue weighted by Gasteiger charge is 2.03. The highest BCUT2D eigenvalue weighted by molar-refractivity contribution is 5.69. The maximum Gasteiger partial charge on any atom is 0.305 e. The minimum Gasteiger partial charge on any atom is -0.491 e. The zero-order chi connectivity index (χ0) is 40.8. The first-order chi connectivity index (χ1) is 28.3. The average molecular weight is 817 g/mol. The summed E-state index contributed by atoms with van der Waals surface area (Å²) in [7, 11) is 0. The van der Waals surface area contributed by atoms with Crippen LogP contribution in [0.2, 0.25) is 0 Å². The van der Waals surface area contributed by atoms with Crippen molar-refractivity contribution in [2.75, 3.05) is 145 Å². The third-order valence-corrected chi connectivity index (χ3v) is 8.56. The molecule has 1 aromatic carbocycles. The van der Waals surface area contributed by atoms with E-state index < -0.39 is 0 Å². The van der Waals surface area contributed by atoms with Crippen LogP contribution in [-0.2, 0) is 63.3 Å². The van der Waals surface area contributed by atoms with Crippen LogP contribution in [0.15, 0.2) is 24.3 Å². The molecule has 0 aromatic heterocycles. The van der Waals surface area contributed by atoms with Gasteiger partial charge in [-0.25, -0.2) is 0 Å². The summed E-state index contributed by atoms with van der Waals surface area (Å²) in [5.41, 5.74) is 1.38. The van der Waals surface area contributed by atoms with Gasteiger partial charge in [-0.15, -0.1) is 0 Å². The predicted molar refractivity (Wildman–Crippen MR) is 222 cm³/mol. The highest BCUT2D eigenvalue weighted by atomic mass is 16.6. The number of aryl methyl sites for hydroxylation is 1.